The third-order valence-electron chi connectivity index (χ3n) is 2.88. The number of carbonyl (C=O) groups is 1. The molecule has 1 unspecified atom stereocenters. The van der Waals surface area contributed by atoms with Crippen molar-refractivity contribution in [2.45, 2.75) is 25.9 Å². The molecule has 1 aliphatic heterocycles. The van der Waals surface area contributed by atoms with Crippen LogP contribution in [0.15, 0.2) is 22.7 Å². The second-order valence-electron chi connectivity index (χ2n) is 4.33. The molecule has 1 aromatic carbocycles. The molecule has 1 amide bonds. The van der Waals surface area contributed by atoms with E-state index in [1.54, 1.807) is 0 Å². The molecule has 0 radical (unpaired) electrons. The summed E-state index contributed by atoms with van der Waals surface area (Å²) < 4.78 is 6.30. The average molecular weight is 298 g/mol. The number of benzene rings is 1. The van der Waals surface area contributed by atoms with Crippen LogP contribution in [0.5, 0.6) is 0 Å². The molecule has 4 heteroatoms. The Labute approximate surface area is 110 Å². The van der Waals surface area contributed by atoms with Crippen LogP contribution in [-0.2, 0) is 4.74 Å². The predicted octanol–water partition coefficient (Wildman–Crippen LogP) is 2.67. The Balaban J connectivity index is 1.94. The zero-order valence-corrected chi connectivity index (χ0v) is 11.4. The van der Waals surface area contributed by atoms with Crippen molar-refractivity contribution in [1.29, 1.82) is 0 Å². The number of hydrogen-bond acceptors (Lipinski definition) is 2. The van der Waals surface area contributed by atoms with Gasteiger partial charge in [-0.3, -0.25) is 4.79 Å². The number of rotatable bonds is 3. The molecular weight excluding hydrogens is 282 g/mol. The van der Waals surface area contributed by atoms with Crippen LogP contribution < -0.4 is 5.32 Å². The summed E-state index contributed by atoms with van der Waals surface area (Å²) in [6.45, 7) is 3.41. The fraction of sp³-hybridized carbons (Fsp3) is 0.462. The molecule has 3 nitrogen and oxygen atoms in total. The van der Waals surface area contributed by atoms with Crippen LogP contribution in [-0.4, -0.2) is 25.2 Å². The monoisotopic (exact) mass is 297 g/mol. The summed E-state index contributed by atoms with van der Waals surface area (Å²) in [5, 5.41) is 2.91. The van der Waals surface area contributed by atoms with E-state index in [2.05, 4.69) is 21.2 Å². The SMILES string of the molecule is Cc1ccc(C(=O)NCC2CCCO2)c(Br)c1. The van der Waals surface area contributed by atoms with Crippen molar-refractivity contribution in [2.75, 3.05) is 13.2 Å². The second kappa shape index (κ2) is 5.65. The minimum absolute atomic E-state index is 0.0487. The Bertz CT molecular complexity index is 414. The maximum atomic E-state index is 11.9. The molecule has 0 spiro atoms. The van der Waals surface area contributed by atoms with Gasteiger partial charge in [0.1, 0.15) is 0 Å². The maximum Gasteiger partial charge on any atom is 0.252 e. The molecular formula is C13H16BrNO2. The highest BCUT2D eigenvalue weighted by atomic mass is 79.9. The van der Waals surface area contributed by atoms with Crippen molar-refractivity contribution in [3.8, 4) is 0 Å². The lowest BCUT2D eigenvalue weighted by Gasteiger charge is -2.11. The molecule has 1 saturated heterocycles. The first-order chi connectivity index (χ1) is 8.16. The molecule has 1 N–H and O–H groups in total. The molecule has 17 heavy (non-hydrogen) atoms. The van der Waals surface area contributed by atoms with E-state index in [0.717, 1.165) is 29.5 Å². The number of carbonyl (C=O) groups excluding carboxylic acids is 1. The van der Waals surface area contributed by atoms with Gasteiger partial charge in [0.05, 0.1) is 11.7 Å². The van der Waals surface area contributed by atoms with E-state index in [0.29, 0.717) is 12.1 Å². The molecule has 92 valence electrons. The van der Waals surface area contributed by atoms with E-state index in [9.17, 15) is 4.79 Å². The highest BCUT2D eigenvalue weighted by molar-refractivity contribution is 9.10. The molecule has 0 aromatic heterocycles. The van der Waals surface area contributed by atoms with Crippen LogP contribution >= 0.6 is 15.9 Å². The number of amides is 1. The second-order valence-corrected chi connectivity index (χ2v) is 5.18. The van der Waals surface area contributed by atoms with Crippen molar-refractivity contribution in [3.63, 3.8) is 0 Å². The standard InChI is InChI=1S/C13H16BrNO2/c1-9-4-5-11(12(14)7-9)13(16)15-8-10-3-2-6-17-10/h4-5,7,10H,2-3,6,8H2,1H3,(H,15,16). The number of aryl methyl sites for hydroxylation is 1. The molecule has 1 aromatic rings. The zero-order chi connectivity index (χ0) is 12.3. The quantitative estimate of drug-likeness (QED) is 0.931. The molecule has 1 aliphatic rings. The molecule has 0 bridgehead atoms. The van der Waals surface area contributed by atoms with E-state index >= 15 is 0 Å². The number of halogens is 1. The lowest BCUT2D eigenvalue weighted by atomic mass is 10.1. The van der Waals surface area contributed by atoms with Gasteiger partial charge in [0, 0.05) is 17.6 Å². The van der Waals surface area contributed by atoms with Gasteiger partial charge in [0.2, 0.25) is 0 Å². The number of ether oxygens (including phenoxy) is 1. The van der Waals surface area contributed by atoms with Gasteiger partial charge < -0.3 is 10.1 Å². The van der Waals surface area contributed by atoms with Crippen LogP contribution in [0.1, 0.15) is 28.8 Å². The topological polar surface area (TPSA) is 38.3 Å². The zero-order valence-electron chi connectivity index (χ0n) is 9.83. The third kappa shape index (κ3) is 3.30. The van der Waals surface area contributed by atoms with Crippen molar-refractivity contribution in [3.05, 3.63) is 33.8 Å². The van der Waals surface area contributed by atoms with E-state index in [4.69, 9.17) is 4.74 Å². The van der Waals surface area contributed by atoms with Gasteiger partial charge in [-0.15, -0.1) is 0 Å². The summed E-state index contributed by atoms with van der Waals surface area (Å²) in [6.07, 6.45) is 2.31. The molecule has 2 rings (SSSR count). The summed E-state index contributed by atoms with van der Waals surface area (Å²) >= 11 is 3.41. The minimum atomic E-state index is -0.0487. The van der Waals surface area contributed by atoms with Gasteiger partial charge in [0.25, 0.3) is 5.91 Å². The first kappa shape index (κ1) is 12.6. The highest BCUT2D eigenvalue weighted by Crippen LogP contribution is 2.18. The van der Waals surface area contributed by atoms with Gasteiger partial charge in [-0.1, -0.05) is 6.07 Å². The Hall–Kier alpha value is -0.870. The van der Waals surface area contributed by atoms with Gasteiger partial charge >= 0.3 is 0 Å². The van der Waals surface area contributed by atoms with Crippen molar-refractivity contribution in [2.24, 2.45) is 0 Å². The van der Waals surface area contributed by atoms with E-state index < -0.39 is 0 Å². The first-order valence-electron chi connectivity index (χ1n) is 5.83. The summed E-state index contributed by atoms with van der Waals surface area (Å²) in [4.78, 5) is 11.9. The summed E-state index contributed by atoms with van der Waals surface area (Å²) in [7, 11) is 0. The number of hydrogen-bond donors (Lipinski definition) is 1. The summed E-state index contributed by atoms with van der Waals surface area (Å²) in [5.41, 5.74) is 1.81. The fourth-order valence-corrected chi connectivity index (χ4v) is 2.58. The smallest absolute Gasteiger partial charge is 0.252 e. The van der Waals surface area contributed by atoms with E-state index in [1.807, 2.05) is 25.1 Å². The van der Waals surface area contributed by atoms with Gasteiger partial charge in [-0.05, 0) is 53.4 Å². The Morgan fingerprint density at radius 2 is 2.41 bits per heavy atom. The molecule has 1 heterocycles. The molecule has 1 fully saturated rings. The van der Waals surface area contributed by atoms with Crippen LogP contribution in [0.2, 0.25) is 0 Å². The Morgan fingerprint density at radius 1 is 1.59 bits per heavy atom. The van der Waals surface area contributed by atoms with Gasteiger partial charge in [-0.25, -0.2) is 0 Å². The van der Waals surface area contributed by atoms with Crippen LogP contribution in [0, 0.1) is 6.92 Å². The van der Waals surface area contributed by atoms with Gasteiger partial charge in [-0.2, -0.15) is 0 Å². The molecule has 1 atom stereocenters. The minimum Gasteiger partial charge on any atom is -0.376 e. The van der Waals surface area contributed by atoms with E-state index in [1.165, 1.54) is 0 Å². The van der Waals surface area contributed by atoms with Crippen molar-refractivity contribution in [1.82, 2.24) is 5.32 Å². The maximum absolute atomic E-state index is 11.9. The third-order valence-corrected chi connectivity index (χ3v) is 3.54. The largest absolute Gasteiger partial charge is 0.376 e. The van der Waals surface area contributed by atoms with Crippen molar-refractivity contribution < 1.29 is 9.53 Å². The lowest BCUT2D eigenvalue weighted by molar-refractivity contribution is 0.0857. The summed E-state index contributed by atoms with van der Waals surface area (Å²) in [5.74, 6) is -0.0487. The molecule has 0 saturated carbocycles. The highest BCUT2D eigenvalue weighted by Gasteiger charge is 2.17. The predicted molar refractivity (Wildman–Crippen MR) is 70.2 cm³/mol. The van der Waals surface area contributed by atoms with E-state index in [-0.39, 0.29) is 12.0 Å². The Morgan fingerprint density at radius 3 is 3.06 bits per heavy atom. The van der Waals surface area contributed by atoms with Crippen LogP contribution in [0.25, 0.3) is 0 Å². The molecule has 0 aliphatic carbocycles. The fourth-order valence-electron chi connectivity index (χ4n) is 1.91. The Kier molecular flexibility index (Phi) is 4.18. The first-order valence-corrected chi connectivity index (χ1v) is 6.62. The summed E-state index contributed by atoms with van der Waals surface area (Å²) in [6, 6.07) is 5.72. The van der Waals surface area contributed by atoms with Gasteiger partial charge in [0.15, 0.2) is 0 Å². The average Bonchev–Trinajstić information content (AvgIpc) is 2.78. The normalized spacial score (nSPS) is 19.3. The van der Waals surface area contributed by atoms with Crippen LogP contribution in [0.3, 0.4) is 0 Å². The van der Waals surface area contributed by atoms with Crippen molar-refractivity contribution >= 4 is 21.8 Å². The van der Waals surface area contributed by atoms with Crippen LogP contribution in [0.4, 0.5) is 0 Å². The lowest BCUT2D eigenvalue weighted by Crippen LogP contribution is -2.31. The number of nitrogens with one attached hydrogen (secondary N) is 1.